The van der Waals surface area contributed by atoms with Crippen molar-refractivity contribution in [2.75, 3.05) is 0 Å². The summed E-state index contributed by atoms with van der Waals surface area (Å²) in [6, 6.07) is 50.5. The van der Waals surface area contributed by atoms with E-state index in [9.17, 15) is 9.90 Å². The molecule has 0 bridgehead atoms. The number of aromatic nitrogens is 3. The van der Waals surface area contributed by atoms with Crippen LogP contribution in [0.4, 0.5) is 0 Å². The Labute approximate surface area is 401 Å². The number of nitrogens with zero attached hydrogens (tertiary/aromatic N) is 3. The molecule has 0 fully saturated rings. The fourth-order valence-electron chi connectivity index (χ4n) is 8.87. The molecule has 0 saturated heterocycles. The Bertz CT molecular complexity index is 2700. The van der Waals surface area contributed by atoms with E-state index < -0.39 is 0 Å². The molecule has 0 radical (unpaired) electrons. The molecule has 3 heterocycles. The number of pyridine rings is 1. The molecule has 8 rings (SSSR count). The van der Waals surface area contributed by atoms with Crippen LogP contribution in [0.1, 0.15) is 121 Å². The van der Waals surface area contributed by atoms with Gasteiger partial charge in [0.2, 0.25) is 0 Å². The number of ketones is 1. The molecule has 6 heteroatoms. The molecule has 0 saturated carbocycles. The topological polar surface area (TPSA) is 60.0 Å². The Morgan fingerprint density at radius 3 is 1.77 bits per heavy atom. The molecule has 65 heavy (non-hydrogen) atoms. The molecule has 2 atom stereocenters. The Balaban J connectivity index is 0.000000463. The Morgan fingerprint density at radius 1 is 0.723 bits per heavy atom. The van der Waals surface area contributed by atoms with Gasteiger partial charge in [-0.05, 0) is 119 Å². The minimum Gasteiger partial charge on any atom is -0.512 e. The van der Waals surface area contributed by atoms with Gasteiger partial charge in [-0.3, -0.25) is 4.79 Å². The minimum absolute atomic E-state index is 0. The largest absolute Gasteiger partial charge is 0.512 e. The zero-order valence-corrected chi connectivity index (χ0v) is 41.8. The fraction of sp³-hybridized carbons (Fsp3) is 0.288. The molecule has 8 aromatic rings. The van der Waals surface area contributed by atoms with Crippen molar-refractivity contribution < 1.29 is 31.0 Å². The van der Waals surface area contributed by atoms with Crippen molar-refractivity contribution in [3.05, 3.63) is 198 Å². The summed E-state index contributed by atoms with van der Waals surface area (Å²) < 4.78 is 4.81. The molecular weight excluding hydrogens is 978 g/mol. The summed E-state index contributed by atoms with van der Waals surface area (Å²) in [4.78, 5) is 16.3. The average Bonchev–Trinajstić information content (AvgIpc) is 3.89. The van der Waals surface area contributed by atoms with E-state index in [-0.39, 0.29) is 43.4 Å². The number of rotatable bonds is 12. The molecule has 338 valence electrons. The Hall–Kier alpha value is -5.77. The van der Waals surface area contributed by atoms with E-state index in [1.165, 1.54) is 68.4 Å². The summed E-state index contributed by atoms with van der Waals surface area (Å²) in [5.74, 6) is 0.724. The van der Waals surface area contributed by atoms with Gasteiger partial charge in [-0.2, -0.15) is 0 Å². The first kappa shape index (κ1) is 48.7. The summed E-state index contributed by atoms with van der Waals surface area (Å²) in [6.45, 7) is 20.0. The van der Waals surface area contributed by atoms with Crippen molar-refractivity contribution in [2.45, 2.75) is 111 Å². The van der Waals surface area contributed by atoms with Gasteiger partial charge in [0.15, 0.2) is 5.78 Å². The van der Waals surface area contributed by atoms with Gasteiger partial charge in [-0.1, -0.05) is 128 Å². The van der Waals surface area contributed by atoms with Crippen LogP contribution in [-0.2, 0) is 43.1 Å². The first-order valence-electron chi connectivity index (χ1n) is 22.8. The van der Waals surface area contributed by atoms with Crippen molar-refractivity contribution in [1.82, 2.24) is 14.1 Å². The summed E-state index contributed by atoms with van der Waals surface area (Å²) in [5, 5.41) is 12.0. The molecule has 0 amide bonds. The summed E-state index contributed by atoms with van der Waals surface area (Å²) in [7, 11) is 0. The third kappa shape index (κ3) is 11.7. The van der Waals surface area contributed by atoms with Crippen LogP contribution in [0.5, 0.6) is 0 Å². The Morgan fingerprint density at radius 2 is 1.28 bits per heavy atom. The van der Waals surface area contributed by atoms with Gasteiger partial charge in [-0.15, -0.1) is 35.9 Å². The number of hydrogen-bond acceptors (Lipinski definition) is 3. The molecule has 0 aliphatic heterocycles. The van der Waals surface area contributed by atoms with Gasteiger partial charge in [0, 0.05) is 74.3 Å². The quantitative estimate of drug-likeness (QED) is 0.0753. The van der Waals surface area contributed by atoms with Crippen LogP contribution in [0.2, 0.25) is 0 Å². The molecule has 5 nitrogen and oxygen atoms in total. The second-order valence-electron chi connectivity index (χ2n) is 19.4. The maximum absolute atomic E-state index is 12.1. The third-order valence-corrected chi connectivity index (χ3v) is 12.4. The van der Waals surface area contributed by atoms with Crippen LogP contribution >= 0.6 is 0 Å². The van der Waals surface area contributed by atoms with Crippen LogP contribution in [0.3, 0.4) is 0 Å². The normalized spacial score (nSPS) is 12.9. The Kier molecular flexibility index (Phi) is 15.7. The molecule has 1 N–H and O–H groups in total. The van der Waals surface area contributed by atoms with Gasteiger partial charge in [0.05, 0.1) is 16.8 Å². The second kappa shape index (κ2) is 21.0. The third-order valence-electron chi connectivity index (χ3n) is 12.4. The van der Waals surface area contributed by atoms with E-state index in [0.29, 0.717) is 24.7 Å². The van der Waals surface area contributed by atoms with Crippen molar-refractivity contribution >= 4 is 27.6 Å². The smallest absolute Gasteiger partial charge is 0.159 e. The number of carbonyl (C=O) groups is 1. The zero-order valence-electron chi connectivity index (χ0n) is 39.5. The summed E-state index contributed by atoms with van der Waals surface area (Å²) in [5.41, 5.74) is 13.4. The van der Waals surface area contributed by atoms with Crippen molar-refractivity contribution in [3.8, 4) is 22.6 Å². The predicted molar refractivity (Wildman–Crippen MR) is 268 cm³/mol. The molecule has 0 spiro atoms. The van der Waals surface area contributed by atoms with Crippen LogP contribution in [0, 0.1) is 6.07 Å². The van der Waals surface area contributed by atoms with Crippen LogP contribution in [-0.4, -0.2) is 25.0 Å². The maximum Gasteiger partial charge on any atom is 0.159 e. The number of aliphatic hydroxyl groups is 1. The molecule has 3 aromatic heterocycles. The predicted octanol–water partition coefficient (Wildman–Crippen LogP) is 15.4. The second-order valence-corrected chi connectivity index (χ2v) is 19.4. The first-order chi connectivity index (χ1) is 30.6. The molecule has 2 unspecified atom stereocenters. The van der Waals surface area contributed by atoms with E-state index >= 15 is 0 Å². The number of allylic oxidation sites excluding steroid dienone is 2. The molecule has 0 aliphatic carbocycles. The molecule has 5 aromatic carbocycles. The number of aliphatic hydroxyl groups excluding tert-OH is 1. The summed E-state index contributed by atoms with van der Waals surface area (Å²) in [6.07, 6.45) is 11.0. The number of benzene rings is 5. The van der Waals surface area contributed by atoms with E-state index in [2.05, 4.69) is 179 Å². The summed E-state index contributed by atoms with van der Waals surface area (Å²) >= 11 is 0. The number of fused-ring (bicyclic) bond motifs is 2. The van der Waals surface area contributed by atoms with Crippen molar-refractivity contribution in [2.24, 2.45) is 0 Å². The van der Waals surface area contributed by atoms with Gasteiger partial charge < -0.3 is 19.2 Å². The minimum atomic E-state index is -0.0454. The maximum atomic E-state index is 12.1. The average molecular weight is 1040 g/mol. The molecule has 0 aliphatic rings. The van der Waals surface area contributed by atoms with E-state index in [0.717, 1.165) is 29.7 Å². The van der Waals surface area contributed by atoms with E-state index in [4.69, 9.17) is 0 Å². The standard InChI is InChI=1S/C48H56N2O2.C11H8N.Pt/c1-10-35(36-22-19-34(20-23-36)21-24-40(52)26-33(3)51)25-32(2)37-27-38(49-30-43(47(4,5)6)41-15-11-13-17-45(41)49)29-39(28-37)50-31-44(48(7,8)9)42-16-12-14-18-46(42)50;1-2-6-10(7-3-1)11-8-4-5-9-12-11;/h11-20,22-23,26-32,35,51H,10,21,24-25H2,1-9H3;1-6,8-9H;/q;-1;/b33-26-;;. The number of aryl methyl sites for hydroxylation is 1. The van der Waals surface area contributed by atoms with Crippen molar-refractivity contribution in [1.29, 1.82) is 0 Å². The van der Waals surface area contributed by atoms with Gasteiger partial charge in [-0.25, -0.2) is 0 Å². The number of para-hydroxylation sites is 2. The van der Waals surface area contributed by atoms with Gasteiger partial charge >= 0.3 is 0 Å². The van der Waals surface area contributed by atoms with Crippen molar-refractivity contribution in [3.63, 3.8) is 0 Å². The SMILES string of the molecule is CCC(CC(C)c1cc(-n2cc(C(C)(C)C)c3ccccc32)cc(-n2cc(C(C)(C)C)c3ccccc32)c1)c1ccc(CCC(=O)/C=C(/C)O)cc1.[Pt].[c-]1ccccc1-c1ccccn1. The molecular formula is C59H64N3O2Pt-. The first-order valence-corrected chi connectivity index (χ1v) is 22.8. The fourth-order valence-corrected chi connectivity index (χ4v) is 8.87. The van der Waals surface area contributed by atoms with Crippen LogP contribution in [0.25, 0.3) is 44.4 Å². The van der Waals surface area contributed by atoms with E-state index in [1.54, 1.807) is 6.20 Å². The number of hydrogen-bond donors (Lipinski definition) is 1. The van der Waals surface area contributed by atoms with Crippen LogP contribution in [0.15, 0.2) is 164 Å². The van der Waals surface area contributed by atoms with Gasteiger partial charge in [0.1, 0.15) is 0 Å². The zero-order chi connectivity index (χ0) is 45.6. The van der Waals surface area contributed by atoms with Crippen LogP contribution < -0.4 is 0 Å². The monoisotopic (exact) mass is 1040 g/mol. The van der Waals surface area contributed by atoms with E-state index in [1.807, 2.05) is 42.5 Å². The van der Waals surface area contributed by atoms with Gasteiger partial charge in [0.25, 0.3) is 0 Å². The number of carbonyl (C=O) groups excluding carboxylic acids is 1.